The number of hydrogen-bond acceptors (Lipinski definition) is 2. The van der Waals surface area contributed by atoms with Crippen LogP contribution in [-0.4, -0.2) is 5.92 Å². The first-order chi connectivity index (χ1) is 6.18. The van der Waals surface area contributed by atoms with Gasteiger partial charge in [0.05, 0.1) is 12.1 Å². The van der Waals surface area contributed by atoms with E-state index in [2.05, 4.69) is 0 Å². The number of rotatable bonds is 3. The molecule has 0 bridgehead atoms. The Labute approximate surface area is 83.1 Å². The third-order valence-electron chi connectivity index (χ3n) is 2.71. The molecule has 0 heterocycles. The topological polar surface area (TPSA) is 47.6 Å². The fourth-order valence-corrected chi connectivity index (χ4v) is 1.13. The highest BCUT2D eigenvalue weighted by molar-refractivity contribution is 5.15. The van der Waals surface area contributed by atoms with Crippen LogP contribution in [0.2, 0.25) is 0 Å². The molecule has 14 heavy (non-hydrogen) atoms. The fraction of sp³-hybridized carbons (Fsp3) is 0.800. The highest BCUT2D eigenvalue weighted by atomic mass is 19.3. The highest BCUT2D eigenvalue weighted by Crippen LogP contribution is 2.49. The Balaban J connectivity index is 5.38. The van der Waals surface area contributed by atoms with Crippen molar-refractivity contribution in [3.8, 4) is 12.1 Å². The van der Waals surface area contributed by atoms with Crippen LogP contribution in [0.4, 0.5) is 8.78 Å². The van der Waals surface area contributed by atoms with Crippen LogP contribution < -0.4 is 0 Å². The van der Waals surface area contributed by atoms with Crippen LogP contribution in [0, 0.1) is 33.5 Å². The van der Waals surface area contributed by atoms with Gasteiger partial charge in [0.25, 0.3) is 5.92 Å². The van der Waals surface area contributed by atoms with Gasteiger partial charge in [-0.1, -0.05) is 6.92 Å². The van der Waals surface area contributed by atoms with Gasteiger partial charge in [0.15, 0.2) is 0 Å². The van der Waals surface area contributed by atoms with E-state index in [4.69, 9.17) is 10.5 Å². The largest absolute Gasteiger partial charge is 0.283 e. The van der Waals surface area contributed by atoms with Crippen molar-refractivity contribution >= 4 is 0 Å². The van der Waals surface area contributed by atoms with Gasteiger partial charge < -0.3 is 0 Å². The van der Waals surface area contributed by atoms with Gasteiger partial charge in [-0.25, -0.2) is 8.78 Å². The van der Waals surface area contributed by atoms with Crippen molar-refractivity contribution in [1.82, 2.24) is 0 Å². The highest BCUT2D eigenvalue weighted by Gasteiger charge is 2.59. The zero-order chi connectivity index (χ0) is 11.6. The Hall–Kier alpha value is -1.16. The van der Waals surface area contributed by atoms with E-state index in [1.165, 1.54) is 13.8 Å². The van der Waals surface area contributed by atoms with E-state index in [1.807, 2.05) is 0 Å². The van der Waals surface area contributed by atoms with Gasteiger partial charge >= 0.3 is 0 Å². The molecule has 0 saturated heterocycles. The molecule has 0 aliphatic carbocycles. The molecular weight excluding hydrogens is 186 g/mol. The van der Waals surface area contributed by atoms with Gasteiger partial charge in [-0.3, -0.25) is 0 Å². The first-order valence-electron chi connectivity index (χ1n) is 4.39. The van der Waals surface area contributed by atoms with Crippen molar-refractivity contribution in [2.45, 2.75) is 40.0 Å². The average molecular weight is 200 g/mol. The number of halogens is 2. The summed E-state index contributed by atoms with van der Waals surface area (Å²) in [5.74, 6) is -3.32. The lowest BCUT2D eigenvalue weighted by atomic mass is 9.70. The summed E-state index contributed by atoms with van der Waals surface area (Å²) in [6, 6.07) is 3.16. The molecule has 4 heteroatoms. The molecule has 0 aromatic carbocycles. The minimum atomic E-state index is -3.32. The normalized spacial score (nSPS) is 16.6. The standard InChI is InChI=1S/C10H14F2N2/c1-5-9(4,7-14)10(11,12)8(2,3)6-13/h5H2,1-4H3. The Morgan fingerprint density at radius 1 is 1.07 bits per heavy atom. The number of alkyl halides is 2. The van der Waals surface area contributed by atoms with Gasteiger partial charge in [-0.15, -0.1) is 0 Å². The summed E-state index contributed by atoms with van der Waals surface area (Å²) >= 11 is 0. The summed E-state index contributed by atoms with van der Waals surface area (Å²) in [4.78, 5) is 0. The van der Waals surface area contributed by atoms with Crippen molar-refractivity contribution in [2.75, 3.05) is 0 Å². The summed E-state index contributed by atoms with van der Waals surface area (Å²) in [7, 11) is 0. The molecule has 78 valence electrons. The van der Waals surface area contributed by atoms with Gasteiger partial charge in [-0.2, -0.15) is 10.5 Å². The van der Waals surface area contributed by atoms with E-state index in [9.17, 15) is 8.78 Å². The SMILES string of the molecule is CCC(C)(C#N)C(F)(F)C(C)(C)C#N. The molecule has 0 radical (unpaired) electrons. The van der Waals surface area contributed by atoms with Crippen molar-refractivity contribution in [2.24, 2.45) is 10.8 Å². The predicted octanol–water partition coefficient (Wildman–Crippen LogP) is 3.11. The van der Waals surface area contributed by atoms with Crippen molar-refractivity contribution in [1.29, 1.82) is 10.5 Å². The van der Waals surface area contributed by atoms with Crippen LogP contribution in [0.1, 0.15) is 34.1 Å². The first-order valence-corrected chi connectivity index (χ1v) is 4.39. The molecule has 1 atom stereocenters. The lowest BCUT2D eigenvalue weighted by molar-refractivity contribution is -0.151. The zero-order valence-electron chi connectivity index (χ0n) is 8.86. The molecule has 0 aromatic heterocycles. The fourth-order valence-electron chi connectivity index (χ4n) is 1.13. The molecule has 0 rings (SSSR count). The quantitative estimate of drug-likeness (QED) is 0.702. The lowest BCUT2D eigenvalue weighted by Gasteiger charge is -2.37. The second-order valence-corrected chi connectivity index (χ2v) is 4.11. The van der Waals surface area contributed by atoms with Gasteiger partial charge in [0.1, 0.15) is 10.8 Å². The number of nitrogens with zero attached hydrogens (tertiary/aromatic N) is 2. The van der Waals surface area contributed by atoms with E-state index < -0.39 is 16.8 Å². The van der Waals surface area contributed by atoms with E-state index in [-0.39, 0.29) is 6.42 Å². The monoisotopic (exact) mass is 200 g/mol. The lowest BCUT2D eigenvalue weighted by Crippen LogP contribution is -2.48. The van der Waals surface area contributed by atoms with Gasteiger partial charge in [0, 0.05) is 0 Å². The molecular formula is C10H14F2N2. The summed E-state index contributed by atoms with van der Waals surface area (Å²) in [6.45, 7) is 5.01. The molecule has 0 aliphatic rings. The zero-order valence-corrected chi connectivity index (χ0v) is 8.86. The Morgan fingerprint density at radius 2 is 1.50 bits per heavy atom. The van der Waals surface area contributed by atoms with Crippen LogP contribution in [0.5, 0.6) is 0 Å². The minimum absolute atomic E-state index is 0.0155. The maximum Gasteiger partial charge on any atom is 0.283 e. The first kappa shape index (κ1) is 12.8. The van der Waals surface area contributed by atoms with E-state index in [1.54, 1.807) is 12.1 Å². The van der Waals surface area contributed by atoms with Crippen LogP contribution in [0.15, 0.2) is 0 Å². The van der Waals surface area contributed by atoms with Crippen LogP contribution in [0.25, 0.3) is 0 Å². The molecule has 0 N–H and O–H groups in total. The summed E-state index contributed by atoms with van der Waals surface area (Å²) in [5.41, 5.74) is -3.61. The van der Waals surface area contributed by atoms with Crippen LogP contribution in [-0.2, 0) is 0 Å². The summed E-state index contributed by atoms with van der Waals surface area (Å²) < 4.78 is 27.6. The smallest absolute Gasteiger partial charge is 0.203 e. The number of hydrogen-bond donors (Lipinski definition) is 0. The van der Waals surface area contributed by atoms with Crippen LogP contribution in [0.3, 0.4) is 0 Å². The maximum absolute atomic E-state index is 13.8. The predicted molar refractivity (Wildman–Crippen MR) is 48.4 cm³/mol. The second kappa shape index (κ2) is 3.53. The summed E-state index contributed by atoms with van der Waals surface area (Å²) in [6.07, 6.45) is 0.0155. The Kier molecular flexibility index (Phi) is 3.24. The van der Waals surface area contributed by atoms with Crippen molar-refractivity contribution in [3.05, 3.63) is 0 Å². The molecule has 0 amide bonds. The second-order valence-electron chi connectivity index (χ2n) is 4.11. The average Bonchev–Trinajstić information content (AvgIpc) is 2.15. The maximum atomic E-state index is 13.8. The van der Waals surface area contributed by atoms with Gasteiger partial charge in [-0.05, 0) is 27.2 Å². The third kappa shape index (κ3) is 1.57. The molecule has 0 aliphatic heterocycles. The molecule has 0 saturated carbocycles. The number of nitriles is 2. The molecule has 2 nitrogen and oxygen atoms in total. The molecule has 0 fully saturated rings. The Morgan fingerprint density at radius 3 is 1.71 bits per heavy atom. The Bertz CT molecular complexity index is 296. The van der Waals surface area contributed by atoms with Crippen molar-refractivity contribution < 1.29 is 8.78 Å². The van der Waals surface area contributed by atoms with Gasteiger partial charge in [0.2, 0.25) is 0 Å². The third-order valence-corrected chi connectivity index (χ3v) is 2.71. The minimum Gasteiger partial charge on any atom is -0.203 e. The van der Waals surface area contributed by atoms with Crippen LogP contribution >= 0.6 is 0 Å². The molecule has 0 spiro atoms. The van der Waals surface area contributed by atoms with E-state index in [0.29, 0.717) is 0 Å². The molecule has 0 aromatic rings. The van der Waals surface area contributed by atoms with E-state index >= 15 is 0 Å². The van der Waals surface area contributed by atoms with E-state index in [0.717, 1.165) is 13.8 Å². The van der Waals surface area contributed by atoms with Crippen molar-refractivity contribution in [3.63, 3.8) is 0 Å². The summed E-state index contributed by atoms with van der Waals surface area (Å²) in [5, 5.41) is 17.4. The molecule has 1 unspecified atom stereocenters.